The molecular formula is C13H14ClFN2O2. The summed E-state index contributed by atoms with van der Waals surface area (Å²) in [6.07, 6.45) is 0. The van der Waals surface area contributed by atoms with Crippen LogP contribution in [0.4, 0.5) is 4.39 Å². The van der Waals surface area contributed by atoms with E-state index in [0.717, 1.165) is 6.07 Å². The molecule has 1 aromatic carbocycles. The Bertz CT molecular complexity index is 545. The van der Waals surface area contributed by atoms with E-state index in [1.807, 2.05) is 0 Å². The molecule has 1 N–H and O–H groups in total. The minimum absolute atomic E-state index is 0.106. The molecular weight excluding hydrogens is 271 g/mol. The molecule has 6 heteroatoms. The lowest BCUT2D eigenvalue weighted by atomic mass is 9.97. The molecule has 1 aliphatic heterocycles. The Morgan fingerprint density at radius 1 is 1.47 bits per heavy atom. The van der Waals surface area contributed by atoms with Gasteiger partial charge in [-0.25, -0.2) is 4.39 Å². The van der Waals surface area contributed by atoms with E-state index in [0.29, 0.717) is 13.1 Å². The largest absolute Gasteiger partial charge is 0.352 e. The number of nitrogens with zero attached hydrogens (tertiary/aromatic N) is 1. The standard InChI is InChI=1S/C13H14ClFN2O2/c1-13(2)12(19)16-5-6-17(13)11(18)8-3-4-10(15)9(14)7-8/h3-4,7H,5-6H2,1-2H3,(H,16,19). The van der Waals surface area contributed by atoms with E-state index in [1.165, 1.54) is 17.0 Å². The number of hydrogen-bond acceptors (Lipinski definition) is 2. The molecule has 0 atom stereocenters. The predicted octanol–water partition coefficient (Wildman–Crippen LogP) is 1.83. The molecule has 2 rings (SSSR count). The molecule has 0 radical (unpaired) electrons. The van der Waals surface area contributed by atoms with Gasteiger partial charge in [-0.2, -0.15) is 0 Å². The van der Waals surface area contributed by atoms with Crippen LogP contribution in [0.1, 0.15) is 24.2 Å². The van der Waals surface area contributed by atoms with E-state index in [4.69, 9.17) is 11.6 Å². The summed E-state index contributed by atoms with van der Waals surface area (Å²) in [7, 11) is 0. The zero-order valence-corrected chi connectivity index (χ0v) is 11.4. The smallest absolute Gasteiger partial charge is 0.254 e. The van der Waals surface area contributed by atoms with Crippen molar-refractivity contribution in [3.63, 3.8) is 0 Å². The number of rotatable bonds is 1. The topological polar surface area (TPSA) is 49.4 Å². The monoisotopic (exact) mass is 284 g/mol. The van der Waals surface area contributed by atoms with Crippen molar-refractivity contribution in [3.8, 4) is 0 Å². The zero-order valence-electron chi connectivity index (χ0n) is 10.7. The van der Waals surface area contributed by atoms with Gasteiger partial charge in [0.1, 0.15) is 11.4 Å². The summed E-state index contributed by atoms with van der Waals surface area (Å²) in [4.78, 5) is 25.6. The lowest BCUT2D eigenvalue weighted by Crippen LogP contribution is -2.63. The molecule has 0 spiro atoms. The van der Waals surface area contributed by atoms with Gasteiger partial charge < -0.3 is 10.2 Å². The number of piperazine rings is 1. The maximum absolute atomic E-state index is 13.1. The normalized spacial score (nSPS) is 18.1. The molecule has 0 unspecified atom stereocenters. The van der Waals surface area contributed by atoms with Crippen molar-refractivity contribution in [1.29, 1.82) is 0 Å². The van der Waals surface area contributed by atoms with E-state index < -0.39 is 11.4 Å². The van der Waals surface area contributed by atoms with Gasteiger partial charge in [0.05, 0.1) is 5.02 Å². The molecule has 1 aromatic rings. The van der Waals surface area contributed by atoms with E-state index in [9.17, 15) is 14.0 Å². The molecule has 0 aliphatic carbocycles. The molecule has 102 valence electrons. The number of amides is 2. The summed E-state index contributed by atoms with van der Waals surface area (Å²) in [5.41, 5.74) is -0.662. The molecule has 1 heterocycles. The first kappa shape index (κ1) is 13.8. The van der Waals surface area contributed by atoms with Crippen LogP contribution in [0.15, 0.2) is 18.2 Å². The molecule has 0 bridgehead atoms. The van der Waals surface area contributed by atoms with Gasteiger partial charge in [0.25, 0.3) is 5.91 Å². The molecule has 0 saturated carbocycles. The number of halogens is 2. The Hall–Kier alpha value is -1.62. The molecule has 4 nitrogen and oxygen atoms in total. The zero-order chi connectivity index (χ0) is 14.2. The fourth-order valence-corrected chi connectivity index (χ4v) is 2.22. The Labute approximate surface area is 115 Å². The van der Waals surface area contributed by atoms with Crippen LogP contribution in [-0.4, -0.2) is 35.3 Å². The highest BCUT2D eigenvalue weighted by Crippen LogP contribution is 2.23. The summed E-state index contributed by atoms with van der Waals surface area (Å²) >= 11 is 5.67. The predicted molar refractivity (Wildman–Crippen MR) is 69.5 cm³/mol. The van der Waals surface area contributed by atoms with E-state index in [2.05, 4.69) is 5.32 Å². The number of carbonyl (C=O) groups excluding carboxylic acids is 2. The average Bonchev–Trinajstić information content (AvgIpc) is 2.35. The molecule has 2 amide bonds. The number of carbonyl (C=O) groups is 2. The van der Waals surface area contributed by atoms with E-state index in [1.54, 1.807) is 13.8 Å². The summed E-state index contributed by atoms with van der Waals surface area (Å²) in [6, 6.07) is 3.79. The van der Waals surface area contributed by atoms with Crippen LogP contribution in [0.3, 0.4) is 0 Å². The second-order valence-electron chi connectivity index (χ2n) is 4.90. The summed E-state index contributed by atoms with van der Waals surface area (Å²) < 4.78 is 13.1. The highest BCUT2D eigenvalue weighted by molar-refractivity contribution is 6.31. The molecule has 1 aliphatic rings. The van der Waals surface area contributed by atoms with Crippen LogP contribution in [0.5, 0.6) is 0 Å². The lowest BCUT2D eigenvalue weighted by molar-refractivity contribution is -0.133. The van der Waals surface area contributed by atoms with E-state index >= 15 is 0 Å². The Morgan fingerprint density at radius 2 is 2.16 bits per heavy atom. The minimum Gasteiger partial charge on any atom is -0.352 e. The second-order valence-corrected chi connectivity index (χ2v) is 5.31. The third-order valence-electron chi connectivity index (χ3n) is 3.26. The van der Waals surface area contributed by atoms with Crippen molar-refractivity contribution in [1.82, 2.24) is 10.2 Å². The highest BCUT2D eigenvalue weighted by atomic mass is 35.5. The van der Waals surface area contributed by atoms with Crippen molar-refractivity contribution in [2.75, 3.05) is 13.1 Å². The van der Waals surface area contributed by atoms with Crippen LogP contribution in [0.25, 0.3) is 0 Å². The van der Waals surface area contributed by atoms with Crippen LogP contribution < -0.4 is 5.32 Å². The molecule has 19 heavy (non-hydrogen) atoms. The Morgan fingerprint density at radius 3 is 2.79 bits per heavy atom. The van der Waals surface area contributed by atoms with Crippen molar-refractivity contribution >= 4 is 23.4 Å². The Balaban J connectivity index is 2.32. The maximum Gasteiger partial charge on any atom is 0.254 e. The fourth-order valence-electron chi connectivity index (χ4n) is 2.04. The summed E-state index contributed by atoms with van der Waals surface area (Å²) in [5.74, 6) is -1.11. The summed E-state index contributed by atoms with van der Waals surface area (Å²) in [5, 5.41) is 2.60. The van der Waals surface area contributed by atoms with Crippen LogP contribution >= 0.6 is 11.6 Å². The van der Waals surface area contributed by atoms with Crippen molar-refractivity contribution < 1.29 is 14.0 Å². The van der Waals surface area contributed by atoms with E-state index in [-0.39, 0.29) is 22.4 Å². The third kappa shape index (κ3) is 2.42. The van der Waals surface area contributed by atoms with Crippen molar-refractivity contribution in [3.05, 3.63) is 34.6 Å². The molecule has 1 saturated heterocycles. The Kier molecular flexibility index (Phi) is 3.49. The minimum atomic E-state index is -0.934. The first-order valence-corrected chi connectivity index (χ1v) is 6.27. The average molecular weight is 285 g/mol. The van der Waals surface area contributed by atoms with Gasteiger partial charge in [-0.3, -0.25) is 9.59 Å². The van der Waals surface area contributed by atoms with Crippen LogP contribution in [0, 0.1) is 5.82 Å². The number of nitrogens with one attached hydrogen (secondary N) is 1. The van der Waals surface area contributed by atoms with Gasteiger partial charge in [-0.15, -0.1) is 0 Å². The fraction of sp³-hybridized carbons (Fsp3) is 0.385. The SMILES string of the molecule is CC1(C)C(=O)NCCN1C(=O)c1ccc(F)c(Cl)c1. The van der Waals surface area contributed by atoms with Gasteiger partial charge in [-0.05, 0) is 32.0 Å². The third-order valence-corrected chi connectivity index (χ3v) is 3.55. The van der Waals surface area contributed by atoms with Gasteiger partial charge in [0.2, 0.25) is 5.91 Å². The van der Waals surface area contributed by atoms with Crippen molar-refractivity contribution in [2.45, 2.75) is 19.4 Å². The first-order valence-electron chi connectivity index (χ1n) is 5.89. The van der Waals surface area contributed by atoms with Gasteiger partial charge in [-0.1, -0.05) is 11.6 Å². The molecule has 1 fully saturated rings. The second kappa shape index (κ2) is 4.81. The van der Waals surface area contributed by atoms with Gasteiger partial charge in [0.15, 0.2) is 0 Å². The number of hydrogen-bond donors (Lipinski definition) is 1. The number of benzene rings is 1. The lowest BCUT2D eigenvalue weighted by Gasteiger charge is -2.41. The maximum atomic E-state index is 13.1. The van der Waals surface area contributed by atoms with Crippen LogP contribution in [0.2, 0.25) is 5.02 Å². The van der Waals surface area contributed by atoms with Crippen LogP contribution in [-0.2, 0) is 4.79 Å². The highest BCUT2D eigenvalue weighted by Gasteiger charge is 2.40. The quantitative estimate of drug-likeness (QED) is 0.855. The molecule has 0 aromatic heterocycles. The van der Waals surface area contributed by atoms with Gasteiger partial charge >= 0.3 is 0 Å². The summed E-state index contributed by atoms with van der Waals surface area (Å²) in [6.45, 7) is 4.16. The first-order chi connectivity index (χ1) is 8.84. The van der Waals surface area contributed by atoms with Crippen molar-refractivity contribution in [2.24, 2.45) is 0 Å². The van der Waals surface area contributed by atoms with Gasteiger partial charge in [0, 0.05) is 18.7 Å².